The Bertz CT molecular complexity index is 533. The van der Waals surface area contributed by atoms with E-state index in [1.54, 1.807) is 4.90 Å². The molecule has 2 rings (SSSR count). The smallest absolute Gasteiger partial charge is 0.337 e. The molecular formula is C12H14N2O6. The zero-order valence-corrected chi connectivity index (χ0v) is 10.6. The highest BCUT2D eigenvalue weighted by atomic mass is 16.6. The molecule has 1 unspecified atom stereocenters. The lowest BCUT2D eigenvalue weighted by Gasteiger charge is -2.36. The Labute approximate surface area is 114 Å². The fourth-order valence-corrected chi connectivity index (χ4v) is 2.18. The number of hydrogen-bond donors (Lipinski definition) is 2. The number of hydrogen-bond acceptors (Lipinski definition) is 6. The number of ether oxygens (including phenoxy) is 1. The number of aliphatic hydroxyl groups is 1. The Morgan fingerprint density at radius 1 is 1.55 bits per heavy atom. The van der Waals surface area contributed by atoms with Crippen LogP contribution in [0.3, 0.4) is 0 Å². The van der Waals surface area contributed by atoms with E-state index in [2.05, 4.69) is 0 Å². The van der Waals surface area contributed by atoms with E-state index in [0.717, 1.165) is 6.07 Å². The monoisotopic (exact) mass is 282 g/mol. The van der Waals surface area contributed by atoms with Crippen molar-refractivity contribution in [3.63, 3.8) is 0 Å². The van der Waals surface area contributed by atoms with E-state index >= 15 is 0 Å². The number of benzene rings is 1. The molecule has 0 amide bonds. The molecule has 0 spiro atoms. The quantitative estimate of drug-likeness (QED) is 0.610. The Balaban J connectivity index is 2.47. The Hall–Kier alpha value is -2.19. The summed E-state index contributed by atoms with van der Waals surface area (Å²) in [4.78, 5) is 23.1. The first kappa shape index (κ1) is 14.2. The van der Waals surface area contributed by atoms with E-state index in [1.807, 2.05) is 0 Å². The normalized spacial score (nSPS) is 18.9. The van der Waals surface area contributed by atoms with Crippen molar-refractivity contribution in [2.24, 2.45) is 0 Å². The molecule has 20 heavy (non-hydrogen) atoms. The van der Waals surface area contributed by atoms with Gasteiger partial charge in [0.25, 0.3) is 5.69 Å². The summed E-state index contributed by atoms with van der Waals surface area (Å²) in [7, 11) is 0. The number of non-ortho nitro benzene ring substituents is 1. The fraction of sp³-hybridized carbons (Fsp3) is 0.417. The third kappa shape index (κ3) is 2.70. The summed E-state index contributed by atoms with van der Waals surface area (Å²) in [5.41, 5.74) is 0.0122. The van der Waals surface area contributed by atoms with Crippen LogP contribution in [0.2, 0.25) is 0 Å². The molecule has 0 saturated carbocycles. The Kier molecular flexibility index (Phi) is 4.16. The molecular weight excluding hydrogens is 268 g/mol. The maximum atomic E-state index is 11.3. The topological polar surface area (TPSA) is 113 Å². The standard InChI is InChI=1S/C12H14N2O6/c15-6-9-7-20-4-3-13(9)11-5-8(14(18)19)1-2-10(11)12(16)17/h1-2,5,9,15H,3-4,6-7H2,(H,16,17). The zero-order valence-electron chi connectivity index (χ0n) is 10.6. The van der Waals surface area contributed by atoms with Crippen molar-refractivity contribution in [1.29, 1.82) is 0 Å². The second-order valence-electron chi connectivity index (χ2n) is 4.37. The molecule has 1 atom stereocenters. The molecule has 2 N–H and O–H groups in total. The molecule has 0 bridgehead atoms. The number of carbonyl (C=O) groups is 1. The number of morpholine rings is 1. The number of nitro groups is 1. The minimum absolute atomic E-state index is 0.0315. The highest BCUT2D eigenvalue weighted by Crippen LogP contribution is 2.29. The van der Waals surface area contributed by atoms with Gasteiger partial charge in [-0.2, -0.15) is 0 Å². The van der Waals surface area contributed by atoms with E-state index in [4.69, 9.17) is 4.74 Å². The number of nitrogens with zero attached hydrogens (tertiary/aromatic N) is 2. The average molecular weight is 282 g/mol. The molecule has 1 aliphatic rings. The van der Waals surface area contributed by atoms with Crippen molar-refractivity contribution in [3.05, 3.63) is 33.9 Å². The number of rotatable bonds is 4. The van der Waals surface area contributed by atoms with Crippen LogP contribution in [0.15, 0.2) is 18.2 Å². The molecule has 0 aliphatic carbocycles. The first-order valence-corrected chi connectivity index (χ1v) is 6.01. The lowest BCUT2D eigenvalue weighted by molar-refractivity contribution is -0.384. The van der Waals surface area contributed by atoms with Gasteiger partial charge in [-0.25, -0.2) is 4.79 Å². The molecule has 8 heteroatoms. The van der Waals surface area contributed by atoms with Crippen LogP contribution in [-0.4, -0.2) is 53.5 Å². The van der Waals surface area contributed by atoms with Gasteiger partial charge in [0.15, 0.2) is 0 Å². The molecule has 108 valence electrons. The summed E-state index contributed by atoms with van der Waals surface area (Å²) < 4.78 is 5.22. The third-order valence-corrected chi connectivity index (χ3v) is 3.17. The number of carboxylic acid groups (broad SMARTS) is 1. The first-order chi connectivity index (χ1) is 9.54. The van der Waals surface area contributed by atoms with E-state index in [1.165, 1.54) is 12.1 Å². The van der Waals surface area contributed by atoms with Crippen LogP contribution in [0.5, 0.6) is 0 Å². The van der Waals surface area contributed by atoms with Gasteiger partial charge in [0.1, 0.15) is 0 Å². The van der Waals surface area contributed by atoms with Gasteiger partial charge >= 0.3 is 5.97 Å². The van der Waals surface area contributed by atoms with Crippen molar-refractivity contribution in [3.8, 4) is 0 Å². The fourth-order valence-electron chi connectivity index (χ4n) is 2.18. The van der Waals surface area contributed by atoms with Gasteiger partial charge in [-0.05, 0) is 6.07 Å². The molecule has 1 aromatic rings. The predicted molar refractivity (Wildman–Crippen MR) is 69.1 cm³/mol. The number of aromatic carboxylic acids is 1. The van der Waals surface area contributed by atoms with Gasteiger partial charge in [-0.1, -0.05) is 0 Å². The van der Waals surface area contributed by atoms with Crippen molar-refractivity contribution in [1.82, 2.24) is 0 Å². The minimum atomic E-state index is -1.17. The molecule has 0 aromatic heterocycles. The van der Waals surface area contributed by atoms with Gasteiger partial charge in [-0.15, -0.1) is 0 Å². The highest BCUT2D eigenvalue weighted by molar-refractivity contribution is 5.95. The van der Waals surface area contributed by atoms with E-state index in [9.17, 15) is 25.1 Å². The first-order valence-electron chi connectivity index (χ1n) is 6.01. The minimum Gasteiger partial charge on any atom is -0.478 e. The summed E-state index contributed by atoms with van der Waals surface area (Å²) >= 11 is 0. The van der Waals surface area contributed by atoms with Crippen molar-refractivity contribution in [2.45, 2.75) is 6.04 Å². The van der Waals surface area contributed by atoms with Crippen molar-refractivity contribution in [2.75, 3.05) is 31.3 Å². The Morgan fingerprint density at radius 3 is 2.90 bits per heavy atom. The highest BCUT2D eigenvalue weighted by Gasteiger charge is 2.27. The van der Waals surface area contributed by atoms with Gasteiger partial charge in [-0.3, -0.25) is 10.1 Å². The van der Waals surface area contributed by atoms with E-state index in [-0.39, 0.29) is 30.2 Å². The summed E-state index contributed by atoms with van der Waals surface area (Å²) in [5.74, 6) is -1.17. The molecule has 1 fully saturated rings. The number of carboxylic acids is 1. The average Bonchev–Trinajstić information content (AvgIpc) is 2.46. The molecule has 0 radical (unpaired) electrons. The molecule has 1 aromatic carbocycles. The molecule has 1 aliphatic heterocycles. The predicted octanol–water partition coefficient (Wildman–Crippen LogP) is 0.490. The van der Waals surface area contributed by atoms with Crippen LogP contribution in [0.1, 0.15) is 10.4 Å². The number of nitro benzene ring substituents is 1. The van der Waals surface area contributed by atoms with E-state index < -0.39 is 16.9 Å². The lowest BCUT2D eigenvalue weighted by Crippen LogP contribution is -2.48. The lowest BCUT2D eigenvalue weighted by atomic mass is 10.1. The summed E-state index contributed by atoms with van der Waals surface area (Å²) in [6.45, 7) is 0.769. The summed E-state index contributed by atoms with van der Waals surface area (Å²) in [6, 6.07) is 3.17. The summed E-state index contributed by atoms with van der Waals surface area (Å²) in [5, 5.41) is 29.4. The van der Waals surface area contributed by atoms with Crippen LogP contribution >= 0.6 is 0 Å². The maximum Gasteiger partial charge on any atom is 0.337 e. The second kappa shape index (κ2) is 5.85. The van der Waals surface area contributed by atoms with Gasteiger partial charge in [0.05, 0.1) is 42.0 Å². The molecule has 8 nitrogen and oxygen atoms in total. The zero-order chi connectivity index (χ0) is 14.7. The number of anilines is 1. The van der Waals surface area contributed by atoms with Gasteiger partial charge in [0, 0.05) is 18.7 Å². The second-order valence-corrected chi connectivity index (χ2v) is 4.37. The maximum absolute atomic E-state index is 11.3. The van der Waals surface area contributed by atoms with Crippen LogP contribution < -0.4 is 4.90 Å². The van der Waals surface area contributed by atoms with Crippen LogP contribution in [0, 0.1) is 10.1 Å². The number of aliphatic hydroxyl groups excluding tert-OH is 1. The Morgan fingerprint density at radius 2 is 2.30 bits per heavy atom. The van der Waals surface area contributed by atoms with E-state index in [0.29, 0.717) is 13.2 Å². The van der Waals surface area contributed by atoms with Crippen LogP contribution in [0.4, 0.5) is 11.4 Å². The summed E-state index contributed by atoms with van der Waals surface area (Å²) in [6.07, 6.45) is 0. The van der Waals surface area contributed by atoms with Gasteiger partial charge in [0.2, 0.25) is 0 Å². The van der Waals surface area contributed by atoms with Crippen molar-refractivity contribution >= 4 is 17.3 Å². The molecule has 1 saturated heterocycles. The van der Waals surface area contributed by atoms with Crippen LogP contribution in [0.25, 0.3) is 0 Å². The molecule has 1 heterocycles. The SMILES string of the molecule is O=C(O)c1ccc([N+](=O)[O-])cc1N1CCOCC1CO. The largest absolute Gasteiger partial charge is 0.478 e. The van der Waals surface area contributed by atoms with Crippen molar-refractivity contribution < 1.29 is 24.7 Å². The van der Waals surface area contributed by atoms with Gasteiger partial charge < -0.3 is 19.8 Å². The van der Waals surface area contributed by atoms with Crippen LogP contribution in [-0.2, 0) is 4.74 Å². The third-order valence-electron chi connectivity index (χ3n) is 3.17.